The Kier molecular flexibility index (Phi) is 7.69. The van der Waals surface area contributed by atoms with E-state index in [-0.39, 0.29) is 41.8 Å². The minimum Gasteiger partial charge on any atom is -0.383 e. The van der Waals surface area contributed by atoms with Crippen molar-refractivity contribution in [3.8, 4) is 0 Å². The number of halogens is 1. The summed E-state index contributed by atoms with van der Waals surface area (Å²) < 4.78 is 4.95. The smallest absolute Gasteiger partial charge is 0.239 e. The molecular weight excluding hydrogens is 443 g/mol. The Morgan fingerprint density at radius 2 is 2.00 bits per heavy atom. The van der Waals surface area contributed by atoms with Gasteiger partial charge >= 0.3 is 0 Å². The van der Waals surface area contributed by atoms with Crippen LogP contribution in [-0.4, -0.2) is 52.3 Å². The Balaban J connectivity index is 0.00000243. The molecule has 0 saturated heterocycles. The van der Waals surface area contributed by atoms with Crippen LogP contribution in [0.25, 0.3) is 0 Å². The van der Waals surface area contributed by atoms with E-state index in [1.54, 1.807) is 14.2 Å². The predicted octanol–water partition coefficient (Wildman–Crippen LogP) is 2.27. The lowest BCUT2D eigenvalue weighted by molar-refractivity contribution is -0.120. The van der Waals surface area contributed by atoms with Crippen molar-refractivity contribution in [3.05, 3.63) is 29.8 Å². The Morgan fingerprint density at radius 3 is 2.69 bits per heavy atom. The Morgan fingerprint density at radius 1 is 1.27 bits per heavy atom. The fraction of sp³-hybridized carbons (Fsp3) is 0.579. The minimum absolute atomic E-state index is 0. The molecule has 2 aliphatic rings. The van der Waals surface area contributed by atoms with E-state index in [9.17, 15) is 4.79 Å². The number of para-hydroxylation sites is 1. The number of nitrogens with zero attached hydrogens (tertiary/aromatic N) is 2. The zero-order valence-corrected chi connectivity index (χ0v) is 17.9. The first-order valence-electron chi connectivity index (χ1n) is 9.03. The zero-order chi connectivity index (χ0) is 17.7. The van der Waals surface area contributed by atoms with Gasteiger partial charge in [0, 0.05) is 38.3 Å². The number of aliphatic imine (C=N–C) groups is 1. The van der Waals surface area contributed by atoms with Crippen LogP contribution in [0.3, 0.4) is 0 Å². The van der Waals surface area contributed by atoms with Crippen molar-refractivity contribution >= 4 is 41.5 Å². The lowest BCUT2D eigenvalue weighted by atomic mass is 9.81. The number of amides is 1. The third-order valence-electron chi connectivity index (χ3n) is 5.29. The maximum Gasteiger partial charge on any atom is 0.239 e. The number of methoxy groups -OCH3 is 1. The van der Waals surface area contributed by atoms with Crippen LogP contribution in [0.5, 0.6) is 0 Å². The molecule has 7 heteroatoms. The van der Waals surface area contributed by atoms with E-state index >= 15 is 0 Å². The van der Waals surface area contributed by atoms with Crippen LogP contribution >= 0.6 is 24.0 Å². The van der Waals surface area contributed by atoms with Gasteiger partial charge in [-0.2, -0.15) is 0 Å². The molecule has 6 nitrogen and oxygen atoms in total. The molecule has 144 valence electrons. The summed E-state index contributed by atoms with van der Waals surface area (Å²) in [4.78, 5) is 18.6. The highest BCUT2D eigenvalue weighted by Crippen LogP contribution is 2.50. The first kappa shape index (κ1) is 21.0. The molecule has 26 heavy (non-hydrogen) atoms. The summed E-state index contributed by atoms with van der Waals surface area (Å²) in [5.74, 6) is 0.708. The lowest BCUT2D eigenvalue weighted by Crippen LogP contribution is -2.47. The van der Waals surface area contributed by atoms with E-state index in [1.165, 1.54) is 36.9 Å². The van der Waals surface area contributed by atoms with Crippen LogP contribution in [0.1, 0.15) is 31.2 Å². The normalized spacial score (nSPS) is 17.8. The first-order chi connectivity index (χ1) is 12.2. The molecule has 1 aliphatic carbocycles. The first-order valence-corrected chi connectivity index (χ1v) is 9.03. The van der Waals surface area contributed by atoms with Gasteiger partial charge < -0.3 is 20.3 Å². The van der Waals surface area contributed by atoms with E-state index in [1.807, 2.05) is 0 Å². The molecular formula is C19H29IN4O2. The number of fused-ring (bicyclic) bond motifs is 2. The molecule has 0 atom stereocenters. The summed E-state index contributed by atoms with van der Waals surface area (Å²) in [5.41, 5.74) is 2.90. The van der Waals surface area contributed by atoms with Crippen molar-refractivity contribution in [1.82, 2.24) is 10.6 Å². The lowest BCUT2D eigenvalue weighted by Gasteiger charge is -2.26. The minimum atomic E-state index is -0.0544. The number of rotatable bonds is 5. The number of hydrogen-bond donors (Lipinski definition) is 2. The Hall–Kier alpha value is -1.35. The van der Waals surface area contributed by atoms with E-state index < -0.39 is 0 Å². The van der Waals surface area contributed by atoms with Crippen LogP contribution in [0.15, 0.2) is 29.3 Å². The van der Waals surface area contributed by atoms with E-state index in [2.05, 4.69) is 44.8 Å². The molecule has 1 fully saturated rings. The monoisotopic (exact) mass is 472 g/mol. The quantitative estimate of drug-likeness (QED) is 0.299. The van der Waals surface area contributed by atoms with Gasteiger partial charge in [-0.15, -0.1) is 24.0 Å². The topological polar surface area (TPSA) is 66.0 Å². The van der Waals surface area contributed by atoms with Gasteiger partial charge in [0.05, 0.1) is 13.2 Å². The van der Waals surface area contributed by atoms with Crippen molar-refractivity contribution in [2.24, 2.45) is 4.99 Å². The second-order valence-electron chi connectivity index (χ2n) is 6.83. The molecule has 0 unspecified atom stereocenters. The summed E-state index contributed by atoms with van der Waals surface area (Å²) >= 11 is 0. The molecule has 1 aromatic carbocycles. The van der Waals surface area contributed by atoms with Crippen LogP contribution in [0.2, 0.25) is 0 Å². The van der Waals surface area contributed by atoms with Crippen molar-refractivity contribution < 1.29 is 9.53 Å². The fourth-order valence-corrected chi connectivity index (χ4v) is 4.11. The number of anilines is 1. The summed E-state index contributed by atoms with van der Waals surface area (Å²) in [7, 11) is 3.39. The number of carbonyl (C=O) groups excluding carboxylic acids is 1. The molecule has 0 radical (unpaired) electrons. The molecule has 0 bridgehead atoms. The van der Waals surface area contributed by atoms with Gasteiger partial charge in [-0.1, -0.05) is 31.0 Å². The number of benzene rings is 1. The molecule has 1 heterocycles. The predicted molar refractivity (Wildman–Crippen MR) is 116 cm³/mol. The van der Waals surface area contributed by atoms with E-state index in [0.29, 0.717) is 13.2 Å². The number of carbonyl (C=O) groups is 1. The second-order valence-corrected chi connectivity index (χ2v) is 6.83. The number of ether oxygens (including phenoxy) is 1. The summed E-state index contributed by atoms with van der Waals surface area (Å²) in [6.07, 6.45) is 5.04. The zero-order valence-electron chi connectivity index (χ0n) is 15.6. The standard InChI is InChI=1S/C19H28N4O2.HI/c1-20-18(22-13-17(24)21-11-12-25-2)23-14-19(9-5-6-10-19)15-7-3-4-8-16(15)23;/h3-4,7-8H,5-6,9-14H2,1-2H3,(H,20,22)(H,21,24);1H. The van der Waals surface area contributed by atoms with Gasteiger partial charge in [-0.25, -0.2) is 0 Å². The average molecular weight is 472 g/mol. The molecule has 3 rings (SSSR count). The largest absolute Gasteiger partial charge is 0.383 e. The molecule has 1 amide bonds. The second kappa shape index (κ2) is 9.55. The van der Waals surface area contributed by atoms with Crippen LogP contribution in [0.4, 0.5) is 5.69 Å². The number of guanidine groups is 1. The maximum absolute atomic E-state index is 11.9. The van der Waals surface area contributed by atoms with E-state index in [0.717, 1.165) is 12.5 Å². The SMILES string of the molecule is CN=C(NCC(=O)NCCOC)N1CC2(CCCC2)c2ccccc21.I. The van der Waals surface area contributed by atoms with Crippen LogP contribution in [-0.2, 0) is 14.9 Å². The van der Waals surface area contributed by atoms with Crippen LogP contribution < -0.4 is 15.5 Å². The number of hydrogen-bond acceptors (Lipinski definition) is 3. The number of nitrogens with one attached hydrogen (secondary N) is 2. The van der Waals surface area contributed by atoms with Crippen molar-refractivity contribution in [2.75, 3.05) is 45.3 Å². The van der Waals surface area contributed by atoms with E-state index in [4.69, 9.17) is 4.74 Å². The van der Waals surface area contributed by atoms with Gasteiger partial charge in [0.15, 0.2) is 5.96 Å². The Bertz CT molecular complexity index is 644. The molecule has 0 aromatic heterocycles. The third kappa shape index (κ3) is 4.31. The summed E-state index contributed by atoms with van der Waals surface area (Å²) in [6.45, 7) is 2.19. The van der Waals surface area contributed by atoms with Gasteiger partial charge in [0.2, 0.25) is 5.91 Å². The summed E-state index contributed by atoms with van der Waals surface area (Å²) in [5, 5.41) is 6.03. The van der Waals surface area contributed by atoms with Crippen molar-refractivity contribution in [1.29, 1.82) is 0 Å². The molecule has 1 aliphatic heterocycles. The maximum atomic E-state index is 11.9. The van der Waals surface area contributed by atoms with Gasteiger partial charge in [-0.3, -0.25) is 9.79 Å². The van der Waals surface area contributed by atoms with Gasteiger partial charge in [0.1, 0.15) is 0 Å². The van der Waals surface area contributed by atoms with Crippen LogP contribution in [0, 0.1) is 0 Å². The molecule has 1 aromatic rings. The van der Waals surface area contributed by atoms with Crippen molar-refractivity contribution in [2.45, 2.75) is 31.1 Å². The third-order valence-corrected chi connectivity index (χ3v) is 5.29. The highest BCUT2D eigenvalue weighted by molar-refractivity contribution is 14.0. The molecule has 1 spiro atoms. The van der Waals surface area contributed by atoms with Gasteiger partial charge in [-0.05, 0) is 24.5 Å². The highest BCUT2D eigenvalue weighted by Gasteiger charge is 2.45. The Labute approximate surface area is 172 Å². The fourth-order valence-electron chi connectivity index (χ4n) is 4.11. The molecule has 1 saturated carbocycles. The highest BCUT2D eigenvalue weighted by atomic mass is 127. The van der Waals surface area contributed by atoms with Gasteiger partial charge in [0.25, 0.3) is 0 Å². The average Bonchev–Trinajstić information content (AvgIpc) is 3.23. The summed E-state index contributed by atoms with van der Waals surface area (Å²) in [6, 6.07) is 8.62. The van der Waals surface area contributed by atoms with Crippen molar-refractivity contribution in [3.63, 3.8) is 0 Å². The molecule has 2 N–H and O–H groups in total.